The molecule has 0 aromatic carbocycles. The van der Waals surface area contributed by atoms with Gasteiger partial charge in [0, 0.05) is 11.8 Å². The molecule has 0 amide bonds. The van der Waals surface area contributed by atoms with Crippen LogP contribution in [-0.2, 0) is 9.59 Å². The maximum absolute atomic E-state index is 12.4. The summed E-state index contributed by atoms with van der Waals surface area (Å²) >= 11 is 0. The lowest BCUT2D eigenvalue weighted by Crippen LogP contribution is -2.26. The third-order valence-corrected chi connectivity index (χ3v) is 5.84. The second-order valence-corrected chi connectivity index (χ2v) is 8.46. The molecule has 0 aromatic rings. The van der Waals surface area contributed by atoms with Gasteiger partial charge < -0.3 is 0 Å². The molecule has 4 atom stereocenters. The van der Waals surface area contributed by atoms with Crippen LogP contribution in [0, 0.1) is 34.5 Å². The molecular formula is C18H28O2. The lowest BCUT2D eigenvalue weighted by Gasteiger charge is -2.25. The Morgan fingerprint density at radius 2 is 1.85 bits per heavy atom. The second-order valence-electron chi connectivity index (χ2n) is 8.46. The predicted octanol–water partition coefficient (Wildman–Crippen LogP) is 4.05. The van der Waals surface area contributed by atoms with Crippen molar-refractivity contribution >= 4 is 11.6 Å². The number of carbonyl (C=O) groups is 2. The first-order valence-corrected chi connectivity index (χ1v) is 7.72. The summed E-state index contributed by atoms with van der Waals surface area (Å²) in [5.74, 6) is 1.45. The van der Waals surface area contributed by atoms with Crippen LogP contribution in [0.15, 0.2) is 11.6 Å². The maximum atomic E-state index is 12.4. The fourth-order valence-electron chi connectivity index (χ4n) is 3.85. The zero-order chi connectivity index (χ0) is 15.5. The minimum atomic E-state index is -0.0271. The molecule has 2 unspecified atom stereocenters. The van der Waals surface area contributed by atoms with Crippen molar-refractivity contribution in [2.45, 2.75) is 54.9 Å². The first-order valence-electron chi connectivity index (χ1n) is 7.72. The Labute approximate surface area is 123 Å². The number of Topliss-reactive ketones (excluding diaryl/α,β-unsaturated/α-hetero) is 1. The highest BCUT2D eigenvalue weighted by Gasteiger charge is 2.66. The molecule has 0 saturated heterocycles. The molecule has 0 heterocycles. The van der Waals surface area contributed by atoms with E-state index in [1.807, 2.05) is 6.92 Å². The minimum Gasteiger partial charge on any atom is -0.299 e. The molecule has 2 aliphatic carbocycles. The SMILES string of the molecule is CC(=O)[C@H]1/C(=C/C(=O)[C@@H](C)C(C)(C)C)CC2C1C2(C)C. The molecule has 2 heteroatoms. The van der Waals surface area contributed by atoms with E-state index in [-0.39, 0.29) is 34.2 Å². The minimum absolute atomic E-state index is 0.00690. The van der Waals surface area contributed by atoms with Crippen LogP contribution in [0.3, 0.4) is 0 Å². The van der Waals surface area contributed by atoms with Crippen LogP contribution < -0.4 is 0 Å². The van der Waals surface area contributed by atoms with E-state index < -0.39 is 0 Å². The summed E-state index contributed by atoms with van der Waals surface area (Å²) in [5, 5.41) is 0. The summed E-state index contributed by atoms with van der Waals surface area (Å²) in [5.41, 5.74) is 1.35. The average Bonchev–Trinajstić information content (AvgIpc) is 2.69. The van der Waals surface area contributed by atoms with Gasteiger partial charge in [0.05, 0.1) is 0 Å². The molecule has 2 fully saturated rings. The smallest absolute Gasteiger partial charge is 0.158 e. The molecule has 0 spiro atoms. The van der Waals surface area contributed by atoms with Gasteiger partial charge in [-0.2, -0.15) is 0 Å². The average molecular weight is 276 g/mol. The summed E-state index contributed by atoms with van der Waals surface area (Å²) < 4.78 is 0. The molecule has 112 valence electrons. The highest BCUT2D eigenvalue weighted by atomic mass is 16.1. The van der Waals surface area contributed by atoms with E-state index in [4.69, 9.17) is 0 Å². The van der Waals surface area contributed by atoms with Crippen LogP contribution in [-0.4, -0.2) is 11.6 Å². The van der Waals surface area contributed by atoms with Crippen LogP contribution in [0.5, 0.6) is 0 Å². The van der Waals surface area contributed by atoms with Gasteiger partial charge in [-0.25, -0.2) is 0 Å². The number of allylic oxidation sites excluding steroid dienone is 2. The van der Waals surface area contributed by atoms with Crippen molar-refractivity contribution in [1.82, 2.24) is 0 Å². The fraction of sp³-hybridized carbons (Fsp3) is 0.778. The van der Waals surface area contributed by atoms with Crippen molar-refractivity contribution in [1.29, 1.82) is 0 Å². The van der Waals surface area contributed by atoms with E-state index in [1.54, 1.807) is 13.0 Å². The van der Waals surface area contributed by atoms with E-state index in [0.29, 0.717) is 11.8 Å². The largest absolute Gasteiger partial charge is 0.299 e. The standard InChI is InChI=1S/C18H28O2/c1-10(17(3,4)5)14(20)9-12-8-13-16(18(13,6)7)15(12)11(2)19/h9-10,13,15-16H,8H2,1-7H3/b12-9+/t10-,13?,15+,16?/m1/s1. The molecule has 2 nitrogen and oxygen atoms in total. The molecule has 0 radical (unpaired) electrons. The molecule has 0 N–H and O–H groups in total. The Kier molecular flexibility index (Phi) is 3.51. The molecule has 0 bridgehead atoms. The van der Waals surface area contributed by atoms with Crippen LogP contribution in [0.1, 0.15) is 54.9 Å². The van der Waals surface area contributed by atoms with E-state index >= 15 is 0 Å². The summed E-state index contributed by atoms with van der Waals surface area (Å²) in [4.78, 5) is 24.4. The van der Waals surface area contributed by atoms with Gasteiger partial charge in [0.15, 0.2) is 5.78 Å². The summed E-state index contributed by atoms with van der Waals surface area (Å²) in [6.45, 7) is 14.4. The molecule has 2 rings (SSSR count). The van der Waals surface area contributed by atoms with Crippen LogP contribution in [0.4, 0.5) is 0 Å². The van der Waals surface area contributed by atoms with Gasteiger partial charge in [0.1, 0.15) is 5.78 Å². The summed E-state index contributed by atoms with van der Waals surface area (Å²) in [6, 6.07) is 0. The summed E-state index contributed by atoms with van der Waals surface area (Å²) in [6.07, 6.45) is 2.73. The number of fused-ring (bicyclic) bond motifs is 1. The van der Waals surface area contributed by atoms with E-state index in [1.165, 1.54) is 0 Å². The lowest BCUT2D eigenvalue weighted by molar-refractivity contribution is -0.120. The summed E-state index contributed by atoms with van der Waals surface area (Å²) in [7, 11) is 0. The van der Waals surface area contributed by atoms with Crippen molar-refractivity contribution in [2.24, 2.45) is 34.5 Å². The van der Waals surface area contributed by atoms with E-state index in [0.717, 1.165) is 12.0 Å². The zero-order valence-electron chi connectivity index (χ0n) is 13.9. The molecular weight excluding hydrogens is 248 g/mol. The first-order chi connectivity index (χ1) is 8.98. The van der Waals surface area contributed by atoms with Crippen molar-refractivity contribution in [2.75, 3.05) is 0 Å². The highest BCUT2D eigenvalue weighted by molar-refractivity contribution is 5.94. The Hall–Kier alpha value is -0.920. The van der Waals surface area contributed by atoms with Gasteiger partial charge in [-0.1, -0.05) is 47.1 Å². The van der Waals surface area contributed by atoms with Gasteiger partial charge in [0.25, 0.3) is 0 Å². The van der Waals surface area contributed by atoms with Crippen molar-refractivity contribution in [3.05, 3.63) is 11.6 Å². The quantitative estimate of drug-likeness (QED) is 0.729. The molecule has 0 aromatic heterocycles. The Bertz CT molecular complexity index is 476. The number of hydrogen-bond donors (Lipinski definition) is 0. The van der Waals surface area contributed by atoms with Gasteiger partial charge in [-0.05, 0) is 42.1 Å². The van der Waals surface area contributed by atoms with Gasteiger partial charge in [0.2, 0.25) is 0 Å². The number of carbonyl (C=O) groups excluding carboxylic acids is 2. The Balaban J connectivity index is 2.20. The van der Waals surface area contributed by atoms with E-state index in [9.17, 15) is 9.59 Å². The van der Waals surface area contributed by atoms with Crippen molar-refractivity contribution in [3.63, 3.8) is 0 Å². The maximum Gasteiger partial charge on any atom is 0.158 e. The second kappa shape index (κ2) is 4.54. The van der Waals surface area contributed by atoms with Gasteiger partial charge in [-0.15, -0.1) is 0 Å². The topological polar surface area (TPSA) is 34.1 Å². The lowest BCUT2D eigenvalue weighted by atomic mass is 9.78. The van der Waals surface area contributed by atoms with E-state index in [2.05, 4.69) is 34.6 Å². The van der Waals surface area contributed by atoms with Crippen LogP contribution in [0.2, 0.25) is 0 Å². The Morgan fingerprint density at radius 1 is 1.30 bits per heavy atom. The first kappa shape index (κ1) is 15.5. The number of ketones is 2. The monoisotopic (exact) mass is 276 g/mol. The molecule has 2 saturated carbocycles. The predicted molar refractivity (Wildman–Crippen MR) is 81.3 cm³/mol. The van der Waals surface area contributed by atoms with Crippen molar-refractivity contribution in [3.8, 4) is 0 Å². The van der Waals surface area contributed by atoms with Crippen molar-refractivity contribution < 1.29 is 9.59 Å². The van der Waals surface area contributed by atoms with Gasteiger partial charge >= 0.3 is 0 Å². The molecule has 20 heavy (non-hydrogen) atoms. The number of hydrogen-bond acceptors (Lipinski definition) is 2. The zero-order valence-corrected chi connectivity index (χ0v) is 13.9. The Morgan fingerprint density at radius 3 is 2.30 bits per heavy atom. The molecule has 0 aliphatic heterocycles. The van der Waals surface area contributed by atoms with Crippen LogP contribution >= 0.6 is 0 Å². The highest BCUT2D eigenvalue weighted by Crippen LogP contribution is 2.70. The molecule has 2 aliphatic rings. The number of rotatable bonds is 3. The fourth-order valence-corrected chi connectivity index (χ4v) is 3.85. The normalized spacial score (nSPS) is 34.8. The third-order valence-electron chi connectivity index (χ3n) is 5.84. The third kappa shape index (κ3) is 2.38. The van der Waals surface area contributed by atoms with Gasteiger partial charge in [-0.3, -0.25) is 9.59 Å². The van der Waals surface area contributed by atoms with Crippen LogP contribution in [0.25, 0.3) is 0 Å².